The normalized spacial score (nSPS) is 26.7. The molecule has 0 bridgehead atoms. The van der Waals surface area contributed by atoms with Crippen molar-refractivity contribution in [3.63, 3.8) is 0 Å². The smallest absolute Gasteiger partial charge is 0.0812 e. The zero-order chi connectivity index (χ0) is 9.97. The van der Waals surface area contributed by atoms with Crippen molar-refractivity contribution < 1.29 is 9.84 Å². The van der Waals surface area contributed by atoms with E-state index in [1.165, 1.54) is 11.1 Å². The van der Waals surface area contributed by atoms with Gasteiger partial charge in [-0.1, -0.05) is 29.8 Å². The molecule has 0 aliphatic carbocycles. The Hall–Kier alpha value is -0.860. The first-order valence-electron chi connectivity index (χ1n) is 5.08. The van der Waals surface area contributed by atoms with Crippen molar-refractivity contribution >= 4 is 0 Å². The van der Waals surface area contributed by atoms with Crippen molar-refractivity contribution in [1.82, 2.24) is 0 Å². The van der Waals surface area contributed by atoms with E-state index in [-0.39, 0.29) is 12.7 Å². The van der Waals surface area contributed by atoms with Gasteiger partial charge in [0.05, 0.1) is 19.3 Å². The molecule has 1 saturated heterocycles. The number of hydrogen-bond acceptors (Lipinski definition) is 2. The highest BCUT2D eigenvalue weighted by molar-refractivity contribution is 5.25. The van der Waals surface area contributed by atoms with E-state index in [2.05, 4.69) is 31.2 Å². The molecule has 0 amide bonds. The first-order valence-corrected chi connectivity index (χ1v) is 5.08. The van der Waals surface area contributed by atoms with E-state index in [0.717, 1.165) is 13.0 Å². The third-order valence-corrected chi connectivity index (χ3v) is 2.83. The zero-order valence-electron chi connectivity index (χ0n) is 8.44. The molecule has 0 spiro atoms. The number of benzene rings is 1. The molecule has 2 rings (SSSR count). The molecule has 1 heterocycles. The predicted octanol–water partition coefficient (Wildman–Crippen LogP) is 1.86. The molecule has 2 unspecified atom stereocenters. The molecule has 1 aliphatic rings. The first kappa shape index (κ1) is 9.69. The Morgan fingerprint density at radius 2 is 2.07 bits per heavy atom. The standard InChI is InChI=1S/C12H16O2/c1-9-2-4-10(5-3-9)11-6-12(7-13)14-8-11/h2-5,11-13H,6-8H2,1H3. The summed E-state index contributed by atoms with van der Waals surface area (Å²) < 4.78 is 5.45. The fourth-order valence-electron chi connectivity index (χ4n) is 1.90. The van der Waals surface area contributed by atoms with Crippen LogP contribution >= 0.6 is 0 Å². The molecule has 2 nitrogen and oxygen atoms in total. The summed E-state index contributed by atoms with van der Waals surface area (Å²) >= 11 is 0. The zero-order valence-corrected chi connectivity index (χ0v) is 8.44. The van der Waals surface area contributed by atoms with Gasteiger partial charge in [0.25, 0.3) is 0 Å². The number of aliphatic hydroxyl groups is 1. The van der Waals surface area contributed by atoms with E-state index in [1.54, 1.807) is 0 Å². The highest BCUT2D eigenvalue weighted by atomic mass is 16.5. The van der Waals surface area contributed by atoms with E-state index in [9.17, 15) is 0 Å². The Labute approximate surface area is 84.5 Å². The van der Waals surface area contributed by atoms with E-state index < -0.39 is 0 Å². The molecule has 0 aromatic heterocycles. The van der Waals surface area contributed by atoms with E-state index in [1.807, 2.05) is 0 Å². The number of ether oxygens (including phenoxy) is 1. The first-order chi connectivity index (χ1) is 6.79. The maximum absolute atomic E-state index is 8.95. The van der Waals surface area contributed by atoms with Crippen LogP contribution in [0.15, 0.2) is 24.3 Å². The van der Waals surface area contributed by atoms with E-state index in [0.29, 0.717) is 5.92 Å². The van der Waals surface area contributed by atoms with Crippen molar-refractivity contribution in [2.24, 2.45) is 0 Å². The Morgan fingerprint density at radius 1 is 1.36 bits per heavy atom. The van der Waals surface area contributed by atoms with Gasteiger partial charge in [0, 0.05) is 5.92 Å². The number of rotatable bonds is 2. The summed E-state index contributed by atoms with van der Waals surface area (Å²) in [6.07, 6.45) is 0.987. The Morgan fingerprint density at radius 3 is 2.64 bits per heavy atom. The van der Waals surface area contributed by atoms with Crippen LogP contribution in [0.4, 0.5) is 0 Å². The predicted molar refractivity (Wildman–Crippen MR) is 55.4 cm³/mol. The van der Waals surface area contributed by atoms with Crippen molar-refractivity contribution in [3.8, 4) is 0 Å². The molecule has 1 aromatic carbocycles. The molecule has 1 aliphatic heterocycles. The van der Waals surface area contributed by atoms with Crippen molar-refractivity contribution in [2.45, 2.75) is 25.4 Å². The molecule has 0 radical (unpaired) electrons. The van der Waals surface area contributed by atoms with Crippen molar-refractivity contribution in [3.05, 3.63) is 35.4 Å². The number of hydrogen-bond donors (Lipinski definition) is 1. The fraction of sp³-hybridized carbons (Fsp3) is 0.500. The van der Waals surface area contributed by atoms with Crippen LogP contribution in [0.5, 0.6) is 0 Å². The minimum Gasteiger partial charge on any atom is -0.394 e. The molecular weight excluding hydrogens is 176 g/mol. The van der Waals surface area contributed by atoms with Crippen LogP contribution in [0, 0.1) is 6.92 Å². The van der Waals surface area contributed by atoms with Gasteiger partial charge < -0.3 is 9.84 Å². The minimum absolute atomic E-state index is 0.0429. The summed E-state index contributed by atoms with van der Waals surface area (Å²) in [7, 11) is 0. The van der Waals surface area contributed by atoms with Gasteiger partial charge in [0.15, 0.2) is 0 Å². The van der Waals surface area contributed by atoms with E-state index >= 15 is 0 Å². The third-order valence-electron chi connectivity index (χ3n) is 2.83. The summed E-state index contributed by atoms with van der Waals surface area (Å²) in [5.74, 6) is 0.466. The second-order valence-corrected chi connectivity index (χ2v) is 3.98. The highest BCUT2D eigenvalue weighted by Crippen LogP contribution is 2.29. The summed E-state index contributed by atoms with van der Waals surface area (Å²) in [5.41, 5.74) is 2.61. The Kier molecular flexibility index (Phi) is 2.85. The fourth-order valence-corrected chi connectivity index (χ4v) is 1.90. The third kappa shape index (κ3) is 1.97. The highest BCUT2D eigenvalue weighted by Gasteiger charge is 2.25. The lowest BCUT2D eigenvalue weighted by Gasteiger charge is -2.08. The van der Waals surface area contributed by atoms with Gasteiger partial charge in [-0.2, -0.15) is 0 Å². The van der Waals surface area contributed by atoms with Crippen LogP contribution in [0.3, 0.4) is 0 Å². The van der Waals surface area contributed by atoms with Crippen molar-refractivity contribution in [2.75, 3.05) is 13.2 Å². The molecule has 1 aromatic rings. The summed E-state index contributed by atoms with van der Waals surface area (Å²) in [4.78, 5) is 0. The lowest BCUT2D eigenvalue weighted by atomic mass is 9.96. The lowest BCUT2D eigenvalue weighted by Crippen LogP contribution is -2.09. The second-order valence-electron chi connectivity index (χ2n) is 3.98. The van der Waals surface area contributed by atoms with Crippen LogP contribution in [0.2, 0.25) is 0 Å². The molecule has 2 atom stereocenters. The van der Waals surface area contributed by atoms with Crippen LogP contribution in [-0.4, -0.2) is 24.4 Å². The molecule has 2 heteroatoms. The maximum Gasteiger partial charge on any atom is 0.0812 e. The second kappa shape index (κ2) is 4.11. The quantitative estimate of drug-likeness (QED) is 0.775. The SMILES string of the molecule is Cc1ccc(C2COC(CO)C2)cc1. The Bertz CT molecular complexity index is 292. The molecule has 14 heavy (non-hydrogen) atoms. The summed E-state index contributed by atoms with van der Waals surface area (Å²) in [6, 6.07) is 8.56. The van der Waals surface area contributed by atoms with Crippen LogP contribution < -0.4 is 0 Å². The largest absolute Gasteiger partial charge is 0.394 e. The molecular formula is C12H16O2. The van der Waals surface area contributed by atoms with Gasteiger partial charge >= 0.3 is 0 Å². The maximum atomic E-state index is 8.95. The van der Waals surface area contributed by atoms with Gasteiger partial charge in [0.1, 0.15) is 0 Å². The lowest BCUT2D eigenvalue weighted by molar-refractivity contribution is 0.0585. The summed E-state index contributed by atoms with van der Waals surface area (Å²) in [5, 5.41) is 8.95. The molecule has 0 saturated carbocycles. The monoisotopic (exact) mass is 192 g/mol. The molecule has 1 fully saturated rings. The van der Waals surface area contributed by atoms with Gasteiger partial charge in [-0.25, -0.2) is 0 Å². The molecule has 76 valence electrons. The van der Waals surface area contributed by atoms with Gasteiger partial charge in [0.2, 0.25) is 0 Å². The Balaban J connectivity index is 2.06. The van der Waals surface area contributed by atoms with Gasteiger partial charge in [-0.05, 0) is 18.9 Å². The van der Waals surface area contributed by atoms with Gasteiger partial charge in [-0.15, -0.1) is 0 Å². The minimum atomic E-state index is 0.0429. The van der Waals surface area contributed by atoms with Crippen LogP contribution in [0.1, 0.15) is 23.5 Å². The van der Waals surface area contributed by atoms with Gasteiger partial charge in [-0.3, -0.25) is 0 Å². The van der Waals surface area contributed by atoms with Crippen LogP contribution in [-0.2, 0) is 4.74 Å². The number of aliphatic hydroxyl groups excluding tert-OH is 1. The topological polar surface area (TPSA) is 29.5 Å². The average Bonchev–Trinajstić information content (AvgIpc) is 2.67. The van der Waals surface area contributed by atoms with E-state index in [4.69, 9.17) is 9.84 Å². The van der Waals surface area contributed by atoms with Crippen LogP contribution in [0.25, 0.3) is 0 Å². The van der Waals surface area contributed by atoms with Crippen molar-refractivity contribution in [1.29, 1.82) is 0 Å². The summed E-state index contributed by atoms with van der Waals surface area (Å²) in [6.45, 7) is 2.97. The molecule has 1 N–H and O–H groups in total. The number of aryl methyl sites for hydroxylation is 1. The average molecular weight is 192 g/mol.